The van der Waals surface area contributed by atoms with Crippen molar-refractivity contribution in [2.24, 2.45) is 10.7 Å². The van der Waals surface area contributed by atoms with Gasteiger partial charge in [0.2, 0.25) is 0 Å². The van der Waals surface area contributed by atoms with E-state index in [2.05, 4.69) is 4.99 Å². The first-order chi connectivity index (χ1) is 8.60. The number of hydrogen-bond donors (Lipinski definition) is 1. The molecule has 0 aliphatic carbocycles. The summed E-state index contributed by atoms with van der Waals surface area (Å²) < 4.78 is 24.1. The van der Waals surface area contributed by atoms with Gasteiger partial charge in [-0.15, -0.1) is 0 Å². The molecule has 18 heavy (non-hydrogen) atoms. The standard InChI is InChI=1S/C12H14ClFN2O2/c1-2-17-11(10-6-18-12(15)16-10)7-3-8(13)5-9(14)4-7/h3-5,10-11H,2,6H2,1H3,(H2,15,16)/t10-,11-/m0/s1. The van der Waals surface area contributed by atoms with Gasteiger partial charge in [0.1, 0.15) is 24.6 Å². The third kappa shape index (κ3) is 2.91. The monoisotopic (exact) mass is 272 g/mol. The van der Waals surface area contributed by atoms with E-state index in [1.54, 1.807) is 6.07 Å². The van der Waals surface area contributed by atoms with Crippen molar-refractivity contribution in [2.45, 2.75) is 19.1 Å². The summed E-state index contributed by atoms with van der Waals surface area (Å²) in [5.41, 5.74) is 6.10. The van der Waals surface area contributed by atoms with E-state index in [-0.39, 0.29) is 12.1 Å². The van der Waals surface area contributed by atoms with Crippen LogP contribution in [0.15, 0.2) is 23.2 Å². The molecular weight excluding hydrogens is 259 g/mol. The first-order valence-corrected chi connectivity index (χ1v) is 6.01. The summed E-state index contributed by atoms with van der Waals surface area (Å²) in [4.78, 5) is 4.12. The van der Waals surface area contributed by atoms with E-state index in [0.717, 1.165) is 0 Å². The highest BCUT2D eigenvalue weighted by Crippen LogP contribution is 2.28. The van der Waals surface area contributed by atoms with E-state index in [4.69, 9.17) is 26.8 Å². The maximum Gasteiger partial charge on any atom is 0.282 e. The smallest absolute Gasteiger partial charge is 0.282 e. The zero-order valence-corrected chi connectivity index (χ0v) is 10.7. The van der Waals surface area contributed by atoms with E-state index < -0.39 is 11.9 Å². The maximum absolute atomic E-state index is 13.4. The van der Waals surface area contributed by atoms with Crippen LogP contribution in [0.3, 0.4) is 0 Å². The number of rotatable bonds is 4. The molecule has 2 N–H and O–H groups in total. The molecule has 0 saturated carbocycles. The molecule has 4 nitrogen and oxygen atoms in total. The Hall–Kier alpha value is -1.33. The van der Waals surface area contributed by atoms with Crippen LogP contribution in [0, 0.1) is 5.82 Å². The highest BCUT2D eigenvalue weighted by atomic mass is 35.5. The summed E-state index contributed by atoms with van der Waals surface area (Å²) >= 11 is 5.84. The van der Waals surface area contributed by atoms with Gasteiger partial charge in [0, 0.05) is 11.6 Å². The quantitative estimate of drug-likeness (QED) is 0.915. The van der Waals surface area contributed by atoms with E-state index in [0.29, 0.717) is 23.8 Å². The largest absolute Gasteiger partial charge is 0.463 e. The Morgan fingerprint density at radius 2 is 2.39 bits per heavy atom. The Bertz CT molecular complexity index is 447. The van der Waals surface area contributed by atoms with Crippen LogP contribution >= 0.6 is 11.6 Å². The minimum absolute atomic E-state index is 0.132. The van der Waals surface area contributed by atoms with Crippen molar-refractivity contribution in [3.63, 3.8) is 0 Å². The van der Waals surface area contributed by atoms with Crippen molar-refractivity contribution in [1.29, 1.82) is 0 Å². The first kappa shape index (κ1) is 13.1. The topological polar surface area (TPSA) is 56.8 Å². The lowest BCUT2D eigenvalue weighted by Crippen LogP contribution is -2.21. The van der Waals surface area contributed by atoms with Gasteiger partial charge >= 0.3 is 0 Å². The molecule has 0 bridgehead atoms. The second-order valence-electron chi connectivity index (χ2n) is 3.92. The highest BCUT2D eigenvalue weighted by Gasteiger charge is 2.29. The summed E-state index contributed by atoms with van der Waals surface area (Å²) in [6, 6.07) is 4.15. The third-order valence-electron chi connectivity index (χ3n) is 2.60. The molecule has 98 valence electrons. The zero-order valence-electron chi connectivity index (χ0n) is 9.90. The summed E-state index contributed by atoms with van der Waals surface area (Å²) in [6.07, 6.45) is -0.413. The molecule has 0 spiro atoms. The number of aliphatic imine (C=N–C) groups is 1. The Labute approximate surface area is 110 Å². The van der Waals surface area contributed by atoms with Crippen LogP contribution in [0.1, 0.15) is 18.6 Å². The van der Waals surface area contributed by atoms with Gasteiger partial charge in [-0.2, -0.15) is 0 Å². The van der Waals surface area contributed by atoms with Gasteiger partial charge in [-0.25, -0.2) is 9.38 Å². The molecule has 0 radical (unpaired) electrons. The number of ether oxygens (including phenoxy) is 2. The number of amidine groups is 1. The number of nitrogens with zero attached hydrogens (tertiary/aromatic N) is 1. The minimum atomic E-state index is -0.413. The zero-order chi connectivity index (χ0) is 13.1. The van der Waals surface area contributed by atoms with Gasteiger partial charge < -0.3 is 15.2 Å². The molecule has 2 atom stereocenters. The van der Waals surface area contributed by atoms with Gasteiger partial charge in [-0.1, -0.05) is 11.6 Å². The second kappa shape index (κ2) is 5.54. The summed E-state index contributed by atoms with van der Waals surface area (Å²) in [6.45, 7) is 2.66. The van der Waals surface area contributed by atoms with Crippen LogP contribution in [0.4, 0.5) is 4.39 Å². The number of nitrogens with two attached hydrogens (primary N) is 1. The van der Waals surface area contributed by atoms with Gasteiger partial charge in [0.25, 0.3) is 6.02 Å². The molecular formula is C12H14ClFN2O2. The predicted molar refractivity (Wildman–Crippen MR) is 67.1 cm³/mol. The lowest BCUT2D eigenvalue weighted by atomic mass is 10.0. The van der Waals surface area contributed by atoms with Crippen molar-refractivity contribution in [3.05, 3.63) is 34.6 Å². The molecule has 1 heterocycles. The molecule has 6 heteroatoms. The fourth-order valence-corrected chi connectivity index (χ4v) is 2.14. The Balaban J connectivity index is 2.29. The third-order valence-corrected chi connectivity index (χ3v) is 2.82. The average molecular weight is 273 g/mol. The first-order valence-electron chi connectivity index (χ1n) is 5.64. The van der Waals surface area contributed by atoms with E-state index in [9.17, 15) is 4.39 Å². The molecule has 0 amide bonds. The van der Waals surface area contributed by atoms with Crippen molar-refractivity contribution < 1.29 is 13.9 Å². The van der Waals surface area contributed by atoms with Gasteiger partial charge in [-0.3, -0.25) is 0 Å². The molecule has 1 aromatic rings. The summed E-state index contributed by atoms with van der Waals surface area (Å²) in [5, 5.41) is 0.325. The van der Waals surface area contributed by atoms with E-state index >= 15 is 0 Å². The molecule has 1 aromatic carbocycles. The molecule has 0 aromatic heterocycles. The molecule has 1 aliphatic heterocycles. The van der Waals surface area contributed by atoms with Crippen molar-refractivity contribution >= 4 is 17.6 Å². The molecule has 1 aliphatic rings. The van der Waals surface area contributed by atoms with Crippen LogP contribution in [-0.2, 0) is 9.47 Å². The second-order valence-corrected chi connectivity index (χ2v) is 4.36. The van der Waals surface area contributed by atoms with Crippen molar-refractivity contribution in [2.75, 3.05) is 13.2 Å². The van der Waals surface area contributed by atoms with Crippen molar-refractivity contribution in [3.8, 4) is 0 Å². The maximum atomic E-state index is 13.4. The minimum Gasteiger partial charge on any atom is -0.463 e. The van der Waals surface area contributed by atoms with Crippen LogP contribution in [-0.4, -0.2) is 25.3 Å². The van der Waals surface area contributed by atoms with Crippen LogP contribution in [0.5, 0.6) is 0 Å². The summed E-state index contributed by atoms with van der Waals surface area (Å²) in [7, 11) is 0. The van der Waals surface area contributed by atoms with Gasteiger partial charge in [0.15, 0.2) is 0 Å². The normalized spacial score (nSPS) is 20.4. The summed E-state index contributed by atoms with van der Waals surface area (Å²) in [5.74, 6) is -0.405. The van der Waals surface area contributed by atoms with Gasteiger partial charge in [0.05, 0.1) is 0 Å². The molecule has 0 unspecified atom stereocenters. The highest BCUT2D eigenvalue weighted by molar-refractivity contribution is 6.30. The number of benzene rings is 1. The van der Waals surface area contributed by atoms with E-state index in [1.807, 2.05) is 6.92 Å². The Morgan fingerprint density at radius 3 is 2.94 bits per heavy atom. The van der Waals surface area contributed by atoms with Gasteiger partial charge in [-0.05, 0) is 30.7 Å². The van der Waals surface area contributed by atoms with Crippen LogP contribution in [0.25, 0.3) is 0 Å². The predicted octanol–water partition coefficient (Wildman–Crippen LogP) is 2.27. The average Bonchev–Trinajstić information content (AvgIpc) is 2.71. The van der Waals surface area contributed by atoms with Crippen LogP contribution < -0.4 is 5.73 Å². The van der Waals surface area contributed by atoms with Crippen LogP contribution in [0.2, 0.25) is 5.02 Å². The SMILES string of the molecule is CCO[C@@H](c1cc(F)cc(Cl)c1)[C@@H]1COC(N)=N1. The van der Waals surface area contributed by atoms with E-state index in [1.165, 1.54) is 12.1 Å². The molecule has 0 saturated heterocycles. The molecule has 0 fully saturated rings. The Kier molecular flexibility index (Phi) is 4.04. The molecule has 2 rings (SSSR count). The van der Waals surface area contributed by atoms with Crippen molar-refractivity contribution in [1.82, 2.24) is 0 Å². The Morgan fingerprint density at radius 1 is 1.61 bits per heavy atom. The number of halogens is 2. The fraction of sp³-hybridized carbons (Fsp3) is 0.417. The lowest BCUT2D eigenvalue weighted by Gasteiger charge is -2.20. The lowest BCUT2D eigenvalue weighted by molar-refractivity contribution is 0.0372. The number of hydrogen-bond acceptors (Lipinski definition) is 4. The fourth-order valence-electron chi connectivity index (χ4n) is 1.91.